The number of carbonyl (C=O) groups is 1. The summed E-state index contributed by atoms with van der Waals surface area (Å²) in [5.74, 6) is -1.40. The Morgan fingerprint density at radius 1 is 1.63 bits per heavy atom. The van der Waals surface area contributed by atoms with Gasteiger partial charge in [-0.25, -0.2) is 8.42 Å². The van der Waals surface area contributed by atoms with E-state index in [-0.39, 0.29) is 11.9 Å². The van der Waals surface area contributed by atoms with Crippen LogP contribution in [0, 0.1) is 0 Å². The van der Waals surface area contributed by atoms with Crippen LogP contribution >= 0.6 is 11.3 Å². The molecule has 2 atom stereocenters. The summed E-state index contributed by atoms with van der Waals surface area (Å²) in [5.41, 5.74) is 0. The van der Waals surface area contributed by atoms with Gasteiger partial charge in [-0.15, -0.1) is 11.3 Å². The summed E-state index contributed by atoms with van der Waals surface area (Å²) in [5, 5.41) is 10.8. The maximum absolute atomic E-state index is 11.9. The molecule has 1 aromatic heterocycles. The lowest BCUT2D eigenvalue weighted by molar-refractivity contribution is -0.139. The first-order valence-electron chi connectivity index (χ1n) is 5.86. The van der Waals surface area contributed by atoms with E-state index in [2.05, 4.69) is 4.72 Å². The molecule has 106 valence electrons. The van der Waals surface area contributed by atoms with Crippen molar-refractivity contribution in [2.24, 2.45) is 0 Å². The number of nitrogens with one attached hydrogen (secondary N) is 1. The highest BCUT2D eigenvalue weighted by Crippen LogP contribution is 2.21. The average molecular weight is 305 g/mol. The van der Waals surface area contributed by atoms with Crippen molar-refractivity contribution in [1.29, 1.82) is 0 Å². The van der Waals surface area contributed by atoms with E-state index in [1.54, 1.807) is 17.5 Å². The van der Waals surface area contributed by atoms with Gasteiger partial charge in [0.1, 0.15) is 0 Å². The molecule has 2 N–H and O–H groups in total. The van der Waals surface area contributed by atoms with Crippen molar-refractivity contribution in [3.05, 3.63) is 22.4 Å². The van der Waals surface area contributed by atoms with E-state index in [0.717, 1.165) is 6.42 Å². The fourth-order valence-corrected chi connectivity index (χ4v) is 4.21. The largest absolute Gasteiger partial charge is 0.480 e. The molecular weight excluding hydrogens is 290 g/mol. The van der Waals surface area contributed by atoms with E-state index in [1.165, 1.54) is 11.3 Å². The van der Waals surface area contributed by atoms with Crippen molar-refractivity contribution in [1.82, 2.24) is 4.72 Å². The van der Waals surface area contributed by atoms with Gasteiger partial charge in [0.05, 0.1) is 11.9 Å². The summed E-state index contributed by atoms with van der Waals surface area (Å²) < 4.78 is 31.4. The fraction of sp³-hybridized carbons (Fsp3) is 0.545. The van der Waals surface area contributed by atoms with Crippen molar-refractivity contribution in [2.45, 2.75) is 25.0 Å². The predicted octanol–water partition coefficient (Wildman–Crippen LogP) is 0.972. The average Bonchev–Trinajstić information content (AvgIpc) is 2.96. The third-order valence-electron chi connectivity index (χ3n) is 2.80. The lowest BCUT2D eigenvalue weighted by Crippen LogP contribution is -2.37. The van der Waals surface area contributed by atoms with Crippen LogP contribution in [0.2, 0.25) is 0 Å². The summed E-state index contributed by atoms with van der Waals surface area (Å²) in [7, 11) is -3.68. The molecule has 0 radical (unpaired) electrons. The number of carboxylic acid groups (broad SMARTS) is 1. The lowest BCUT2D eigenvalue weighted by Gasteiger charge is -2.15. The Labute approximate surface area is 115 Å². The number of carboxylic acids is 1. The Morgan fingerprint density at radius 2 is 2.42 bits per heavy atom. The number of sulfonamides is 1. The molecule has 1 aliphatic heterocycles. The van der Waals surface area contributed by atoms with Crippen LogP contribution in [0.25, 0.3) is 0 Å². The first-order valence-corrected chi connectivity index (χ1v) is 8.39. The van der Waals surface area contributed by atoms with Crippen molar-refractivity contribution in [2.75, 3.05) is 12.4 Å². The molecule has 1 fully saturated rings. The van der Waals surface area contributed by atoms with Gasteiger partial charge in [-0.2, -0.15) is 4.72 Å². The molecule has 0 spiro atoms. The second-order valence-corrected chi connectivity index (χ2v) is 7.10. The number of thiophene rings is 1. The molecule has 1 saturated heterocycles. The highest BCUT2D eigenvalue weighted by atomic mass is 32.2. The van der Waals surface area contributed by atoms with E-state index in [9.17, 15) is 13.2 Å². The van der Waals surface area contributed by atoms with E-state index in [1.807, 2.05) is 0 Å². The molecule has 0 bridgehead atoms. The highest BCUT2D eigenvalue weighted by molar-refractivity contribution is 7.89. The van der Waals surface area contributed by atoms with Crippen LogP contribution in [0.1, 0.15) is 23.8 Å². The van der Waals surface area contributed by atoms with Crippen LogP contribution in [-0.2, 0) is 19.6 Å². The summed E-state index contributed by atoms with van der Waals surface area (Å²) in [6, 6.07) is 2.05. The van der Waals surface area contributed by atoms with Crippen LogP contribution in [0.3, 0.4) is 0 Å². The maximum atomic E-state index is 11.9. The van der Waals surface area contributed by atoms with Gasteiger partial charge in [0.25, 0.3) is 0 Å². The third-order valence-corrected chi connectivity index (χ3v) is 5.14. The molecule has 2 unspecified atom stereocenters. The van der Waals surface area contributed by atoms with Gasteiger partial charge in [0.2, 0.25) is 10.0 Å². The Balaban J connectivity index is 2.05. The highest BCUT2D eigenvalue weighted by Gasteiger charge is 2.29. The molecule has 0 aromatic carbocycles. The molecule has 0 aliphatic carbocycles. The Hall–Kier alpha value is -0.960. The Bertz CT molecular complexity index is 519. The van der Waals surface area contributed by atoms with Crippen molar-refractivity contribution in [3.63, 3.8) is 0 Å². The monoisotopic (exact) mass is 305 g/mol. The minimum atomic E-state index is -3.68. The van der Waals surface area contributed by atoms with Crippen LogP contribution in [0.5, 0.6) is 0 Å². The predicted molar refractivity (Wildman–Crippen MR) is 70.6 cm³/mol. The SMILES string of the molecule is O=C(O)C(NS(=O)(=O)CC1CCCO1)c1cccs1. The zero-order valence-electron chi connectivity index (χ0n) is 10.1. The molecule has 2 heterocycles. The molecule has 1 aliphatic rings. The maximum Gasteiger partial charge on any atom is 0.327 e. The number of aliphatic carboxylic acids is 1. The van der Waals surface area contributed by atoms with Crippen LogP contribution in [0.4, 0.5) is 0 Å². The number of hydrogen-bond acceptors (Lipinski definition) is 5. The molecule has 8 heteroatoms. The van der Waals surface area contributed by atoms with Gasteiger partial charge in [-0.1, -0.05) is 6.07 Å². The molecule has 6 nitrogen and oxygen atoms in total. The number of rotatable bonds is 6. The first kappa shape index (κ1) is 14.4. The van der Waals surface area contributed by atoms with E-state index in [0.29, 0.717) is 17.9 Å². The minimum Gasteiger partial charge on any atom is -0.480 e. The van der Waals surface area contributed by atoms with Gasteiger partial charge in [-0.05, 0) is 24.3 Å². The van der Waals surface area contributed by atoms with Crippen LogP contribution < -0.4 is 4.72 Å². The molecule has 1 aromatic rings. The zero-order chi connectivity index (χ0) is 13.9. The van der Waals surface area contributed by atoms with Gasteiger partial charge in [0, 0.05) is 11.5 Å². The van der Waals surface area contributed by atoms with Gasteiger partial charge in [-0.3, -0.25) is 4.79 Å². The second kappa shape index (κ2) is 6.00. The molecule has 0 saturated carbocycles. The summed E-state index contributed by atoms with van der Waals surface area (Å²) in [4.78, 5) is 11.6. The first-order chi connectivity index (χ1) is 8.98. The molecule has 0 amide bonds. The van der Waals surface area contributed by atoms with Crippen LogP contribution in [0.15, 0.2) is 17.5 Å². The fourth-order valence-electron chi connectivity index (χ4n) is 1.93. The third kappa shape index (κ3) is 4.00. The van der Waals surface area contributed by atoms with E-state index >= 15 is 0 Å². The Kier molecular flexibility index (Phi) is 4.56. The standard InChI is InChI=1S/C11H15NO5S2/c13-11(14)10(9-4-2-6-18-9)12-19(15,16)7-8-3-1-5-17-8/h2,4,6,8,10,12H,1,3,5,7H2,(H,13,14). The van der Waals surface area contributed by atoms with Crippen LogP contribution in [-0.4, -0.2) is 38.0 Å². The topological polar surface area (TPSA) is 92.7 Å². The van der Waals surface area contributed by atoms with Gasteiger partial charge >= 0.3 is 5.97 Å². The zero-order valence-corrected chi connectivity index (χ0v) is 11.7. The van der Waals surface area contributed by atoms with Crippen molar-refractivity contribution < 1.29 is 23.1 Å². The van der Waals surface area contributed by atoms with Gasteiger partial charge < -0.3 is 9.84 Å². The molecule has 19 heavy (non-hydrogen) atoms. The van der Waals surface area contributed by atoms with Crippen molar-refractivity contribution >= 4 is 27.3 Å². The minimum absolute atomic E-state index is 0.192. The normalized spacial score (nSPS) is 21.4. The molecular formula is C11H15NO5S2. The van der Waals surface area contributed by atoms with E-state index in [4.69, 9.17) is 9.84 Å². The molecule has 2 rings (SSSR count). The smallest absolute Gasteiger partial charge is 0.327 e. The van der Waals surface area contributed by atoms with E-state index < -0.39 is 22.0 Å². The Morgan fingerprint density at radius 3 is 2.95 bits per heavy atom. The lowest BCUT2D eigenvalue weighted by atomic mass is 10.3. The number of hydrogen-bond donors (Lipinski definition) is 2. The summed E-state index contributed by atoms with van der Waals surface area (Å²) in [6.07, 6.45) is 1.20. The van der Waals surface area contributed by atoms with Crippen molar-refractivity contribution in [3.8, 4) is 0 Å². The van der Waals surface area contributed by atoms with Gasteiger partial charge in [0.15, 0.2) is 6.04 Å². The second-order valence-electron chi connectivity index (χ2n) is 4.32. The number of ether oxygens (including phenoxy) is 1. The quantitative estimate of drug-likeness (QED) is 0.817. The summed E-state index contributed by atoms with van der Waals surface area (Å²) >= 11 is 1.20. The summed E-state index contributed by atoms with van der Waals surface area (Å²) in [6.45, 7) is 0.563.